The van der Waals surface area contributed by atoms with Gasteiger partial charge in [-0.3, -0.25) is 4.52 Å². The molecule has 0 aromatic heterocycles. The quantitative estimate of drug-likeness (QED) is 0.474. The second-order valence-corrected chi connectivity index (χ2v) is 7.56. The van der Waals surface area contributed by atoms with E-state index in [1.54, 1.807) is 34.5 Å². The highest BCUT2D eigenvalue weighted by Crippen LogP contribution is 2.83. The maximum Gasteiger partial charge on any atom is 0.638 e. The normalized spacial score (nSPS) is 22.2. The molecule has 2 aromatic rings. The van der Waals surface area contributed by atoms with Gasteiger partial charge in [0, 0.05) is 0 Å². The molecule has 0 saturated carbocycles. The SMILES string of the molecule is COc1ccc(/C=C\c2cc(OC)c(OC)c(OC)c2)cc1O[P+]12OC(O1)O2. The third-order valence-corrected chi connectivity index (χ3v) is 5.91. The lowest BCUT2D eigenvalue weighted by Gasteiger charge is -2.39. The summed E-state index contributed by atoms with van der Waals surface area (Å²) < 4.78 is 43.1. The fourth-order valence-corrected chi connectivity index (χ4v) is 3.98. The Hall–Kier alpha value is -2.51. The van der Waals surface area contributed by atoms with E-state index in [1.165, 1.54) is 0 Å². The highest BCUT2D eigenvalue weighted by molar-refractivity contribution is 7.59. The molecule has 0 aliphatic carbocycles. The molecule has 3 aliphatic heterocycles. The molecule has 3 heterocycles. The Balaban J connectivity index is 1.59. The van der Waals surface area contributed by atoms with Crippen LogP contribution in [0.25, 0.3) is 12.2 Å². The summed E-state index contributed by atoms with van der Waals surface area (Å²) in [6, 6.07) is 9.26. The predicted octanol–water partition coefficient (Wildman–Crippen LogP) is 4.31. The second kappa shape index (κ2) is 7.48. The lowest BCUT2D eigenvalue weighted by atomic mass is 10.1. The van der Waals surface area contributed by atoms with E-state index >= 15 is 0 Å². The Kier molecular flexibility index (Phi) is 5.03. The Labute approximate surface area is 163 Å². The molecular weight excluding hydrogens is 387 g/mol. The zero-order valence-electron chi connectivity index (χ0n) is 15.8. The van der Waals surface area contributed by atoms with Gasteiger partial charge in [-0.05, 0) is 35.4 Å². The van der Waals surface area contributed by atoms with Gasteiger partial charge in [-0.2, -0.15) is 0 Å². The average molecular weight is 407 g/mol. The van der Waals surface area contributed by atoms with Crippen LogP contribution in [0.1, 0.15) is 11.1 Å². The largest absolute Gasteiger partial charge is 0.638 e. The van der Waals surface area contributed by atoms with Crippen LogP contribution in [-0.2, 0) is 13.6 Å². The van der Waals surface area contributed by atoms with Crippen LogP contribution in [0.3, 0.4) is 0 Å². The van der Waals surface area contributed by atoms with Crippen molar-refractivity contribution < 1.29 is 37.0 Å². The lowest BCUT2D eigenvalue weighted by Crippen LogP contribution is -2.48. The molecule has 5 rings (SSSR count). The molecule has 0 radical (unpaired) electrons. The molecule has 2 bridgehead atoms. The van der Waals surface area contributed by atoms with Crippen molar-refractivity contribution in [3.63, 3.8) is 0 Å². The summed E-state index contributed by atoms with van der Waals surface area (Å²) in [5.41, 5.74) is 1.77. The van der Waals surface area contributed by atoms with Crippen molar-refractivity contribution >= 4 is 20.3 Å². The molecule has 0 unspecified atom stereocenters. The molecule has 3 fully saturated rings. The molecule has 8 nitrogen and oxygen atoms in total. The van der Waals surface area contributed by atoms with Crippen LogP contribution in [0, 0.1) is 0 Å². The smallest absolute Gasteiger partial charge is 0.493 e. The first-order valence-corrected chi connectivity index (χ1v) is 9.86. The van der Waals surface area contributed by atoms with Crippen LogP contribution in [0.4, 0.5) is 0 Å². The fraction of sp³-hybridized carbons (Fsp3) is 0.263. The van der Waals surface area contributed by atoms with Crippen LogP contribution in [-0.4, -0.2) is 34.9 Å². The van der Waals surface area contributed by atoms with Crippen LogP contribution >= 0.6 is 8.17 Å². The first kappa shape index (κ1) is 18.8. The van der Waals surface area contributed by atoms with E-state index in [4.69, 9.17) is 37.0 Å². The van der Waals surface area contributed by atoms with E-state index in [2.05, 4.69) is 0 Å². The Morgan fingerprint density at radius 1 is 0.714 bits per heavy atom. The molecule has 148 valence electrons. The van der Waals surface area contributed by atoms with Crippen molar-refractivity contribution in [3.8, 4) is 28.7 Å². The van der Waals surface area contributed by atoms with Gasteiger partial charge in [-0.25, -0.2) is 0 Å². The number of methoxy groups -OCH3 is 4. The van der Waals surface area contributed by atoms with E-state index in [0.29, 0.717) is 28.7 Å². The standard InChI is InChI=1S/C19H20O8P/c1-20-14-8-7-12(9-15(14)24-28-25-19(26-28)27-28)5-6-13-10-16(21-2)18(23-4)17(11-13)22-3/h5-11,19H,1-4H3/q+1/b6-5-. The Morgan fingerprint density at radius 2 is 1.29 bits per heavy atom. The maximum atomic E-state index is 5.75. The van der Waals surface area contributed by atoms with Crippen molar-refractivity contribution in [1.82, 2.24) is 0 Å². The van der Waals surface area contributed by atoms with Crippen LogP contribution in [0.15, 0.2) is 30.3 Å². The summed E-state index contributed by atoms with van der Waals surface area (Å²) in [6.45, 7) is -0.581. The Bertz CT molecular complexity index is 871. The summed E-state index contributed by atoms with van der Waals surface area (Å²) in [5, 5.41) is 0. The van der Waals surface area contributed by atoms with E-state index < -0.39 is 14.6 Å². The van der Waals surface area contributed by atoms with Gasteiger partial charge >= 0.3 is 14.6 Å². The zero-order valence-corrected chi connectivity index (χ0v) is 16.7. The molecule has 0 spiro atoms. The van der Waals surface area contributed by atoms with Gasteiger partial charge in [0.25, 0.3) is 0 Å². The highest BCUT2D eigenvalue weighted by Gasteiger charge is 2.83. The molecular formula is C19H20O8P+. The average Bonchev–Trinajstić information content (AvgIpc) is 2.67. The van der Waals surface area contributed by atoms with Gasteiger partial charge in [-0.15, -0.1) is 0 Å². The number of hydrogen-bond donors (Lipinski definition) is 0. The monoisotopic (exact) mass is 407 g/mol. The number of hydrogen-bond acceptors (Lipinski definition) is 8. The van der Waals surface area contributed by atoms with Crippen LogP contribution in [0.2, 0.25) is 0 Å². The summed E-state index contributed by atoms with van der Waals surface area (Å²) in [5.74, 6) is 2.76. The van der Waals surface area contributed by atoms with Crippen LogP contribution in [0.5, 0.6) is 28.7 Å². The zero-order chi connectivity index (χ0) is 19.7. The third kappa shape index (κ3) is 3.36. The minimum Gasteiger partial charge on any atom is -0.493 e. The van der Waals surface area contributed by atoms with Gasteiger partial charge in [0.2, 0.25) is 11.5 Å². The minimum atomic E-state index is -2.64. The number of ether oxygens (including phenoxy) is 4. The first-order chi connectivity index (χ1) is 13.6. The van der Waals surface area contributed by atoms with Crippen LogP contribution < -0.4 is 23.5 Å². The summed E-state index contributed by atoms with van der Waals surface area (Å²) in [6.07, 6.45) is 3.85. The van der Waals surface area contributed by atoms with E-state index in [0.717, 1.165) is 11.1 Å². The lowest BCUT2D eigenvalue weighted by molar-refractivity contribution is -0.349. The molecule has 9 heteroatoms. The van der Waals surface area contributed by atoms with Gasteiger partial charge in [0.1, 0.15) is 0 Å². The van der Waals surface area contributed by atoms with Crippen molar-refractivity contribution in [1.29, 1.82) is 0 Å². The van der Waals surface area contributed by atoms with Crippen molar-refractivity contribution in [2.24, 2.45) is 0 Å². The first-order valence-electron chi connectivity index (χ1n) is 8.39. The molecule has 3 saturated heterocycles. The Morgan fingerprint density at radius 3 is 1.79 bits per heavy atom. The van der Waals surface area contributed by atoms with Crippen molar-refractivity contribution in [2.75, 3.05) is 28.4 Å². The highest BCUT2D eigenvalue weighted by atomic mass is 31.2. The molecule has 3 aliphatic rings. The molecule has 0 amide bonds. The summed E-state index contributed by atoms with van der Waals surface area (Å²) >= 11 is 0. The van der Waals surface area contributed by atoms with Crippen molar-refractivity contribution in [3.05, 3.63) is 41.5 Å². The molecule has 2 aromatic carbocycles. The van der Waals surface area contributed by atoms with E-state index in [9.17, 15) is 0 Å². The van der Waals surface area contributed by atoms with Gasteiger partial charge < -0.3 is 18.9 Å². The number of benzene rings is 2. The summed E-state index contributed by atoms with van der Waals surface area (Å²) in [7, 11) is 3.66. The van der Waals surface area contributed by atoms with E-state index in [-0.39, 0.29) is 0 Å². The van der Waals surface area contributed by atoms with Gasteiger partial charge in [-0.1, -0.05) is 31.8 Å². The maximum absolute atomic E-state index is 5.75. The predicted molar refractivity (Wildman–Crippen MR) is 103 cm³/mol. The van der Waals surface area contributed by atoms with Crippen molar-refractivity contribution in [2.45, 2.75) is 6.48 Å². The molecule has 0 N–H and O–H groups in total. The van der Waals surface area contributed by atoms with Gasteiger partial charge in [0.15, 0.2) is 17.2 Å². The molecule has 28 heavy (non-hydrogen) atoms. The topological polar surface area (TPSA) is 73.8 Å². The third-order valence-electron chi connectivity index (χ3n) is 4.20. The van der Waals surface area contributed by atoms with E-state index in [1.807, 2.05) is 36.4 Å². The molecule has 0 atom stereocenters. The minimum absolute atomic E-state index is 0.487. The fourth-order valence-electron chi connectivity index (χ4n) is 2.78. The number of rotatable bonds is 8. The summed E-state index contributed by atoms with van der Waals surface area (Å²) in [4.78, 5) is 0. The second-order valence-electron chi connectivity index (χ2n) is 5.85. The van der Waals surface area contributed by atoms with Gasteiger partial charge in [0.05, 0.1) is 28.4 Å².